The number of hydrogen-bond acceptors (Lipinski definition) is 4. The van der Waals surface area contributed by atoms with E-state index in [0.717, 1.165) is 30.6 Å². The highest BCUT2D eigenvalue weighted by molar-refractivity contribution is 5.06. The van der Waals surface area contributed by atoms with Crippen molar-refractivity contribution in [2.24, 2.45) is 17.6 Å². The van der Waals surface area contributed by atoms with Crippen LogP contribution in [0.3, 0.4) is 0 Å². The third kappa shape index (κ3) is 2.82. The zero-order chi connectivity index (χ0) is 12.3. The largest absolute Gasteiger partial charge is 0.329 e. The predicted octanol–water partition coefficient (Wildman–Crippen LogP) is 1.45. The van der Waals surface area contributed by atoms with Crippen LogP contribution in [0.1, 0.15) is 32.0 Å². The van der Waals surface area contributed by atoms with Crippen LogP contribution >= 0.6 is 0 Å². The second kappa shape index (κ2) is 5.56. The Balaban J connectivity index is 2.09. The highest BCUT2D eigenvalue weighted by Crippen LogP contribution is 2.28. The van der Waals surface area contributed by atoms with Gasteiger partial charge >= 0.3 is 0 Å². The lowest BCUT2D eigenvalue weighted by Gasteiger charge is -2.39. The fourth-order valence-corrected chi connectivity index (χ4v) is 2.53. The molecule has 3 unspecified atom stereocenters. The van der Waals surface area contributed by atoms with Gasteiger partial charge in [0, 0.05) is 19.3 Å². The maximum atomic E-state index is 5.91. The third-order valence-electron chi connectivity index (χ3n) is 3.98. The Morgan fingerprint density at radius 2 is 2.29 bits per heavy atom. The van der Waals surface area contributed by atoms with Gasteiger partial charge in [-0.25, -0.2) is 9.97 Å². The monoisotopic (exact) mass is 234 g/mol. The maximum absolute atomic E-state index is 5.91. The lowest BCUT2D eigenvalue weighted by atomic mass is 9.87. The highest BCUT2D eigenvalue weighted by Gasteiger charge is 2.28. The van der Waals surface area contributed by atoms with E-state index in [4.69, 9.17) is 5.73 Å². The fraction of sp³-hybridized carbons (Fsp3) is 0.692. The zero-order valence-corrected chi connectivity index (χ0v) is 10.7. The van der Waals surface area contributed by atoms with Crippen LogP contribution in [-0.4, -0.2) is 34.5 Å². The Kier molecular flexibility index (Phi) is 4.07. The van der Waals surface area contributed by atoms with Gasteiger partial charge in [0.25, 0.3) is 0 Å². The van der Waals surface area contributed by atoms with Crippen molar-refractivity contribution in [1.29, 1.82) is 0 Å². The summed E-state index contributed by atoms with van der Waals surface area (Å²) < 4.78 is 0. The summed E-state index contributed by atoms with van der Waals surface area (Å²) in [6.45, 7) is 7.52. The molecule has 2 N–H and O–H groups in total. The molecule has 1 saturated heterocycles. The van der Waals surface area contributed by atoms with E-state index in [1.165, 1.54) is 6.42 Å². The van der Waals surface area contributed by atoms with Gasteiger partial charge in [0.05, 0.1) is 11.7 Å². The van der Waals surface area contributed by atoms with Crippen LogP contribution in [-0.2, 0) is 0 Å². The minimum absolute atomic E-state index is 0.243. The number of nitrogens with two attached hydrogens (primary N) is 1. The normalized spacial score (nSPS) is 27.9. The standard InChI is InChI=1S/C13H22N4/c1-10-4-6-17(8-11(10)2)13(7-14)12-3-5-15-9-16-12/h3,5,9-11,13H,4,6-8,14H2,1-2H3. The van der Waals surface area contributed by atoms with Crippen LogP contribution in [0, 0.1) is 11.8 Å². The molecule has 0 aliphatic carbocycles. The average Bonchev–Trinajstić information content (AvgIpc) is 2.36. The minimum atomic E-state index is 0.243. The van der Waals surface area contributed by atoms with Crippen LogP contribution in [0.5, 0.6) is 0 Å². The highest BCUT2D eigenvalue weighted by atomic mass is 15.2. The van der Waals surface area contributed by atoms with Crippen molar-refractivity contribution in [3.63, 3.8) is 0 Å². The molecule has 1 aliphatic heterocycles. The van der Waals surface area contributed by atoms with Crippen molar-refractivity contribution >= 4 is 0 Å². The van der Waals surface area contributed by atoms with Crippen molar-refractivity contribution < 1.29 is 0 Å². The molecule has 3 atom stereocenters. The molecule has 94 valence electrons. The molecular weight excluding hydrogens is 212 g/mol. The molecule has 1 aromatic heterocycles. The van der Waals surface area contributed by atoms with Gasteiger partial charge in [0.1, 0.15) is 6.33 Å². The van der Waals surface area contributed by atoms with Gasteiger partial charge in [-0.05, 0) is 30.9 Å². The molecule has 1 fully saturated rings. The topological polar surface area (TPSA) is 55.0 Å². The van der Waals surface area contributed by atoms with Crippen molar-refractivity contribution in [2.45, 2.75) is 26.3 Å². The smallest absolute Gasteiger partial charge is 0.115 e. The quantitative estimate of drug-likeness (QED) is 0.860. The molecule has 2 heterocycles. The van der Waals surface area contributed by atoms with Crippen LogP contribution in [0.15, 0.2) is 18.6 Å². The summed E-state index contributed by atoms with van der Waals surface area (Å²) in [7, 11) is 0. The van der Waals surface area contributed by atoms with Gasteiger partial charge in [-0.2, -0.15) is 0 Å². The summed E-state index contributed by atoms with van der Waals surface area (Å²) in [6.07, 6.45) is 4.65. The summed E-state index contributed by atoms with van der Waals surface area (Å²) in [5.74, 6) is 1.55. The number of rotatable bonds is 3. The summed E-state index contributed by atoms with van der Waals surface area (Å²) >= 11 is 0. The van der Waals surface area contributed by atoms with Crippen molar-refractivity contribution in [1.82, 2.24) is 14.9 Å². The van der Waals surface area contributed by atoms with Crippen LogP contribution in [0.25, 0.3) is 0 Å². The summed E-state index contributed by atoms with van der Waals surface area (Å²) in [6, 6.07) is 2.22. The van der Waals surface area contributed by atoms with Crippen molar-refractivity contribution in [3.8, 4) is 0 Å². The van der Waals surface area contributed by atoms with E-state index in [2.05, 4.69) is 28.7 Å². The van der Waals surface area contributed by atoms with E-state index in [-0.39, 0.29) is 6.04 Å². The molecule has 0 aromatic carbocycles. The second-order valence-electron chi connectivity index (χ2n) is 5.12. The Bertz CT molecular complexity index is 341. The van der Waals surface area contributed by atoms with Gasteiger partial charge in [-0.3, -0.25) is 4.90 Å². The molecule has 0 amide bonds. The first kappa shape index (κ1) is 12.5. The minimum Gasteiger partial charge on any atom is -0.329 e. The number of nitrogens with zero attached hydrogens (tertiary/aromatic N) is 3. The lowest BCUT2D eigenvalue weighted by molar-refractivity contribution is 0.0964. The number of aromatic nitrogens is 2. The first-order valence-corrected chi connectivity index (χ1v) is 6.42. The molecule has 4 heteroatoms. The molecule has 1 aliphatic rings. The SMILES string of the molecule is CC1CCN(C(CN)c2ccncn2)CC1C. The van der Waals surface area contributed by atoms with Gasteiger partial charge in [-0.15, -0.1) is 0 Å². The molecule has 0 bridgehead atoms. The van der Waals surface area contributed by atoms with Crippen LogP contribution in [0.2, 0.25) is 0 Å². The lowest BCUT2D eigenvalue weighted by Crippen LogP contribution is -2.43. The van der Waals surface area contributed by atoms with E-state index < -0.39 is 0 Å². The maximum Gasteiger partial charge on any atom is 0.115 e. The van der Waals surface area contributed by atoms with E-state index in [0.29, 0.717) is 6.54 Å². The zero-order valence-electron chi connectivity index (χ0n) is 10.7. The molecule has 4 nitrogen and oxygen atoms in total. The molecular formula is C13H22N4. The third-order valence-corrected chi connectivity index (χ3v) is 3.98. The first-order valence-electron chi connectivity index (χ1n) is 6.42. The van der Waals surface area contributed by atoms with Crippen LogP contribution < -0.4 is 5.73 Å². The van der Waals surface area contributed by atoms with E-state index in [1.807, 2.05) is 6.07 Å². The molecule has 17 heavy (non-hydrogen) atoms. The van der Waals surface area contributed by atoms with Gasteiger partial charge < -0.3 is 5.73 Å². The van der Waals surface area contributed by atoms with Crippen molar-refractivity contribution in [2.75, 3.05) is 19.6 Å². The van der Waals surface area contributed by atoms with Gasteiger partial charge in [0.2, 0.25) is 0 Å². The number of hydrogen-bond donors (Lipinski definition) is 1. The summed E-state index contributed by atoms with van der Waals surface area (Å²) in [5, 5.41) is 0. The summed E-state index contributed by atoms with van der Waals surface area (Å²) in [4.78, 5) is 10.8. The Labute approximate surface area is 103 Å². The molecule has 0 spiro atoms. The number of likely N-dealkylation sites (tertiary alicyclic amines) is 1. The molecule has 2 rings (SSSR count). The summed E-state index contributed by atoms with van der Waals surface area (Å²) in [5.41, 5.74) is 6.96. The molecule has 0 radical (unpaired) electrons. The van der Waals surface area contributed by atoms with E-state index >= 15 is 0 Å². The molecule has 1 aromatic rings. The average molecular weight is 234 g/mol. The van der Waals surface area contributed by atoms with Crippen LogP contribution in [0.4, 0.5) is 0 Å². The van der Waals surface area contributed by atoms with Crippen molar-refractivity contribution in [3.05, 3.63) is 24.3 Å². The fourth-order valence-electron chi connectivity index (χ4n) is 2.53. The van der Waals surface area contributed by atoms with Gasteiger partial charge in [-0.1, -0.05) is 13.8 Å². The predicted molar refractivity (Wildman–Crippen MR) is 68.3 cm³/mol. The van der Waals surface area contributed by atoms with E-state index in [9.17, 15) is 0 Å². The second-order valence-corrected chi connectivity index (χ2v) is 5.12. The Morgan fingerprint density at radius 3 is 2.88 bits per heavy atom. The molecule has 0 saturated carbocycles. The Hall–Kier alpha value is -1.00. The van der Waals surface area contributed by atoms with E-state index in [1.54, 1.807) is 12.5 Å². The Morgan fingerprint density at radius 1 is 1.47 bits per heavy atom. The van der Waals surface area contributed by atoms with Gasteiger partial charge in [0.15, 0.2) is 0 Å². The number of piperidine rings is 1. The first-order chi connectivity index (χ1) is 8.22.